The predicted molar refractivity (Wildman–Crippen MR) is 139 cm³/mol. The number of rotatable bonds is 11. The molecule has 2 heterocycles. The molecule has 1 N–H and O–H groups in total. The highest BCUT2D eigenvalue weighted by molar-refractivity contribution is 5.96. The minimum Gasteiger partial charge on any atom is -0.489 e. The molecule has 184 valence electrons. The molecular weight excluding hydrogens is 422 g/mol. The van der Waals surface area contributed by atoms with Crippen molar-refractivity contribution in [3.63, 3.8) is 0 Å². The topological polar surface area (TPSA) is 44.8 Å². The molecule has 2 aliphatic heterocycles. The Kier molecular flexibility index (Phi) is 9.40. The highest BCUT2D eigenvalue weighted by Gasteiger charge is 2.23. The summed E-state index contributed by atoms with van der Waals surface area (Å²) < 4.78 is 6.35. The van der Waals surface area contributed by atoms with Gasteiger partial charge >= 0.3 is 0 Å². The van der Waals surface area contributed by atoms with Crippen molar-refractivity contribution in [3.8, 4) is 5.75 Å². The van der Waals surface area contributed by atoms with E-state index in [-0.39, 0.29) is 12.0 Å². The van der Waals surface area contributed by atoms with Gasteiger partial charge < -0.3 is 19.9 Å². The second kappa shape index (κ2) is 12.9. The van der Waals surface area contributed by atoms with Gasteiger partial charge in [-0.05, 0) is 81.8 Å². The maximum Gasteiger partial charge on any atom is 0.255 e. The van der Waals surface area contributed by atoms with Crippen LogP contribution < -0.4 is 10.1 Å². The molecule has 0 aliphatic carbocycles. The number of para-hydroxylation sites is 1. The summed E-state index contributed by atoms with van der Waals surface area (Å²) in [5.74, 6) is 1.22. The van der Waals surface area contributed by atoms with Gasteiger partial charge in [-0.1, -0.05) is 49.4 Å². The van der Waals surface area contributed by atoms with Crippen molar-refractivity contribution >= 4 is 5.91 Å². The lowest BCUT2D eigenvalue weighted by Crippen LogP contribution is -2.40. The molecule has 4 rings (SSSR count). The van der Waals surface area contributed by atoms with E-state index in [4.69, 9.17) is 4.74 Å². The van der Waals surface area contributed by atoms with Crippen LogP contribution in [0.2, 0.25) is 0 Å². The lowest BCUT2D eigenvalue weighted by Gasteiger charge is -2.34. The molecule has 1 unspecified atom stereocenters. The molecule has 0 bridgehead atoms. The summed E-state index contributed by atoms with van der Waals surface area (Å²) >= 11 is 0. The van der Waals surface area contributed by atoms with Crippen molar-refractivity contribution in [3.05, 3.63) is 65.7 Å². The van der Waals surface area contributed by atoms with E-state index in [0.29, 0.717) is 17.2 Å². The van der Waals surface area contributed by atoms with Gasteiger partial charge in [0.2, 0.25) is 0 Å². The molecule has 1 atom stereocenters. The zero-order valence-corrected chi connectivity index (χ0v) is 20.8. The van der Waals surface area contributed by atoms with Gasteiger partial charge in [-0.3, -0.25) is 4.79 Å². The second-order valence-electron chi connectivity index (χ2n) is 9.94. The van der Waals surface area contributed by atoms with Crippen LogP contribution in [-0.2, 0) is 0 Å². The Bertz CT molecular complexity index is 874. The molecule has 2 aromatic carbocycles. The first-order valence-corrected chi connectivity index (χ1v) is 13.2. The van der Waals surface area contributed by atoms with Crippen LogP contribution in [0.5, 0.6) is 5.75 Å². The number of benzene rings is 2. The minimum absolute atomic E-state index is 0.0223. The van der Waals surface area contributed by atoms with Gasteiger partial charge in [-0.15, -0.1) is 0 Å². The highest BCUT2D eigenvalue weighted by Crippen LogP contribution is 2.25. The van der Waals surface area contributed by atoms with Crippen LogP contribution in [0.4, 0.5) is 0 Å². The van der Waals surface area contributed by atoms with Crippen LogP contribution in [0, 0.1) is 0 Å². The maximum absolute atomic E-state index is 12.8. The van der Waals surface area contributed by atoms with Gasteiger partial charge in [-0.25, -0.2) is 0 Å². The van der Waals surface area contributed by atoms with Gasteiger partial charge in [0.05, 0.1) is 5.56 Å². The molecule has 0 saturated carbocycles. The summed E-state index contributed by atoms with van der Waals surface area (Å²) in [6.45, 7) is 9.80. The second-order valence-corrected chi connectivity index (χ2v) is 9.94. The minimum atomic E-state index is -0.0223. The summed E-state index contributed by atoms with van der Waals surface area (Å²) in [5, 5.41) is 3.10. The van der Waals surface area contributed by atoms with E-state index in [9.17, 15) is 4.79 Å². The molecule has 5 nitrogen and oxygen atoms in total. The molecular formula is C29H41N3O2. The van der Waals surface area contributed by atoms with Crippen molar-refractivity contribution < 1.29 is 9.53 Å². The smallest absolute Gasteiger partial charge is 0.255 e. The zero-order valence-electron chi connectivity index (χ0n) is 20.8. The maximum atomic E-state index is 12.8. The fourth-order valence-electron chi connectivity index (χ4n) is 5.18. The molecule has 1 amide bonds. The SMILES string of the molecule is CC(CN1CCC(Oc2ccccc2C(=O)NCCCCN2CCCC2)CC1)c1ccccc1. The Morgan fingerprint density at radius 2 is 1.65 bits per heavy atom. The van der Waals surface area contributed by atoms with E-state index in [2.05, 4.69) is 52.4 Å². The molecule has 2 aromatic rings. The molecule has 0 radical (unpaired) electrons. The Hall–Kier alpha value is -2.37. The van der Waals surface area contributed by atoms with E-state index in [1.165, 1.54) is 31.5 Å². The third-order valence-corrected chi connectivity index (χ3v) is 7.25. The number of carbonyl (C=O) groups is 1. The molecule has 5 heteroatoms. The third kappa shape index (κ3) is 7.31. The third-order valence-electron chi connectivity index (χ3n) is 7.25. The number of ether oxygens (including phenoxy) is 1. The Labute approximate surface area is 205 Å². The number of nitrogens with zero attached hydrogens (tertiary/aromatic N) is 2. The highest BCUT2D eigenvalue weighted by atomic mass is 16.5. The monoisotopic (exact) mass is 463 g/mol. The molecule has 2 aliphatic rings. The number of unbranched alkanes of at least 4 members (excludes halogenated alkanes) is 1. The zero-order chi connectivity index (χ0) is 23.6. The molecule has 0 spiro atoms. The lowest BCUT2D eigenvalue weighted by molar-refractivity contribution is 0.0896. The summed E-state index contributed by atoms with van der Waals surface area (Å²) in [7, 11) is 0. The average molecular weight is 464 g/mol. The summed E-state index contributed by atoms with van der Waals surface area (Å²) in [4.78, 5) is 17.9. The number of piperidine rings is 1. The number of likely N-dealkylation sites (tertiary alicyclic amines) is 2. The first kappa shape index (κ1) is 24.7. The lowest BCUT2D eigenvalue weighted by atomic mass is 9.99. The standard InChI is InChI=1S/C29H41N3O2/c1-24(25-11-3-2-4-12-25)23-32-21-15-26(16-22-32)34-28-14-6-5-13-27(28)29(33)30-17-7-8-18-31-19-9-10-20-31/h2-6,11-14,24,26H,7-10,15-23H2,1H3,(H,30,33). The van der Waals surface area contributed by atoms with Crippen molar-refractivity contribution in [2.45, 2.75) is 57.5 Å². The Morgan fingerprint density at radius 1 is 0.941 bits per heavy atom. The fourth-order valence-corrected chi connectivity index (χ4v) is 5.18. The van der Waals surface area contributed by atoms with E-state index in [1.54, 1.807) is 0 Å². The summed E-state index contributed by atoms with van der Waals surface area (Å²) in [6.07, 6.45) is 6.98. The number of hydrogen-bond donors (Lipinski definition) is 1. The van der Waals surface area contributed by atoms with Crippen LogP contribution in [0.15, 0.2) is 54.6 Å². The van der Waals surface area contributed by atoms with Gasteiger partial charge in [-0.2, -0.15) is 0 Å². The average Bonchev–Trinajstić information content (AvgIpc) is 3.39. The van der Waals surface area contributed by atoms with E-state index >= 15 is 0 Å². The van der Waals surface area contributed by atoms with Crippen LogP contribution in [0.1, 0.15) is 67.3 Å². The van der Waals surface area contributed by atoms with E-state index < -0.39 is 0 Å². The van der Waals surface area contributed by atoms with Crippen molar-refractivity contribution in [2.24, 2.45) is 0 Å². The fraction of sp³-hybridized carbons (Fsp3) is 0.552. The summed E-state index contributed by atoms with van der Waals surface area (Å²) in [5.41, 5.74) is 2.05. The van der Waals surface area contributed by atoms with E-state index in [1.807, 2.05) is 24.3 Å². The van der Waals surface area contributed by atoms with Gasteiger partial charge in [0.15, 0.2) is 0 Å². The van der Waals surface area contributed by atoms with Crippen LogP contribution in [0.3, 0.4) is 0 Å². The van der Waals surface area contributed by atoms with E-state index in [0.717, 1.165) is 58.4 Å². The predicted octanol–water partition coefficient (Wildman–Crippen LogP) is 4.94. The summed E-state index contributed by atoms with van der Waals surface area (Å²) in [6, 6.07) is 18.4. The van der Waals surface area contributed by atoms with Gasteiger partial charge in [0, 0.05) is 26.2 Å². The molecule has 2 fully saturated rings. The Morgan fingerprint density at radius 3 is 2.41 bits per heavy atom. The van der Waals surface area contributed by atoms with Crippen LogP contribution in [0.25, 0.3) is 0 Å². The van der Waals surface area contributed by atoms with Gasteiger partial charge in [0.1, 0.15) is 11.9 Å². The van der Waals surface area contributed by atoms with Crippen molar-refractivity contribution in [2.75, 3.05) is 45.8 Å². The normalized spacial score (nSPS) is 18.6. The quantitative estimate of drug-likeness (QED) is 0.480. The van der Waals surface area contributed by atoms with Crippen molar-refractivity contribution in [1.29, 1.82) is 0 Å². The Balaban J connectivity index is 1.19. The first-order valence-electron chi connectivity index (χ1n) is 13.2. The van der Waals surface area contributed by atoms with Gasteiger partial charge in [0.25, 0.3) is 5.91 Å². The largest absolute Gasteiger partial charge is 0.489 e. The molecule has 0 aromatic heterocycles. The number of carbonyl (C=O) groups excluding carboxylic acids is 1. The molecule has 34 heavy (non-hydrogen) atoms. The molecule has 2 saturated heterocycles. The van der Waals surface area contributed by atoms with Crippen LogP contribution in [-0.4, -0.2) is 67.6 Å². The van der Waals surface area contributed by atoms with Crippen molar-refractivity contribution in [1.82, 2.24) is 15.1 Å². The van der Waals surface area contributed by atoms with Crippen LogP contribution >= 0.6 is 0 Å². The number of nitrogens with one attached hydrogen (secondary N) is 1. The number of hydrogen-bond acceptors (Lipinski definition) is 4. The first-order chi connectivity index (χ1) is 16.7. The number of amides is 1.